The Bertz CT molecular complexity index is 747. The van der Waals surface area contributed by atoms with Crippen LogP contribution in [0.25, 0.3) is 22.3 Å². The Morgan fingerprint density at radius 1 is 1.24 bits per heavy atom. The predicted octanol–water partition coefficient (Wildman–Crippen LogP) is 3.33. The molecule has 1 aromatic carbocycles. The van der Waals surface area contributed by atoms with Gasteiger partial charge in [-0.3, -0.25) is 4.98 Å². The van der Waals surface area contributed by atoms with Crippen LogP contribution in [0.2, 0.25) is 0 Å². The van der Waals surface area contributed by atoms with E-state index in [1.165, 1.54) is 0 Å². The maximum absolute atomic E-state index is 6.14. The summed E-state index contributed by atoms with van der Waals surface area (Å²) >= 11 is 0. The molecule has 2 aromatic heterocycles. The third kappa shape index (κ3) is 2.52. The molecule has 3 rings (SSSR count). The fourth-order valence-electron chi connectivity index (χ4n) is 2.26. The molecule has 0 fully saturated rings. The van der Waals surface area contributed by atoms with Gasteiger partial charge in [-0.05, 0) is 17.4 Å². The number of hydrogen-bond donors (Lipinski definition) is 1. The summed E-state index contributed by atoms with van der Waals surface area (Å²) < 4.78 is 5.33. The Kier molecular flexibility index (Phi) is 3.66. The minimum atomic E-state index is -0.244. The lowest BCUT2D eigenvalue weighted by molar-refractivity contribution is 0.312. The van der Waals surface area contributed by atoms with Crippen LogP contribution in [-0.2, 0) is 0 Å². The Balaban J connectivity index is 2.02. The molecule has 0 amide bonds. The smallest absolute Gasteiger partial charge is 0.244 e. The summed E-state index contributed by atoms with van der Waals surface area (Å²) in [5.74, 6) is 1.24. The average molecular weight is 282 g/mol. The summed E-state index contributed by atoms with van der Waals surface area (Å²) in [6.07, 6.45) is 2.72. The van der Waals surface area contributed by atoms with Gasteiger partial charge >= 0.3 is 0 Å². The molecule has 0 aliphatic carbocycles. The number of benzene rings is 1. The van der Waals surface area contributed by atoms with Gasteiger partial charge in [0.05, 0.1) is 6.04 Å². The lowest BCUT2D eigenvalue weighted by Crippen LogP contribution is -2.18. The van der Waals surface area contributed by atoms with E-state index >= 15 is 0 Å². The molecule has 21 heavy (non-hydrogen) atoms. The highest BCUT2D eigenvalue weighted by atomic mass is 16.5. The monoisotopic (exact) mass is 282 g/mol. The summed E-state index contributed by atoms with van der Waals surface area (Å²) in [6.45, 7) is 4.17. The lowest BCUT2D eigenvalue weighted by atomic mass is 10.0. The van der Waals surface area contributed by atoms with Crippen molar-refractivity contribution in [2.45, 2.75) is 26.3 Å². The summed E-state index contributed by atoms with van der Waals surface area (Å²) in [5.41, 5.74) is 6.86. The Hall–Kier alpha value is -2.27. The molecule has 5 heteroatoms. The molecule has 0 spiro atoms. The molecule has 108 valence electrons. The minimum absolute atomic E-state index is 0.244. The maximum Gasteiger partial charge on any atom is 0.244 e. The van der Waals surface area contributed by atoms with Crippen molar-refractivity contribution in [3.63, 3.8) is 0 Å². The second kappa shape index (κ2) is 5.61. The molecule has 2 heterocycles. The van der Waals surface area contributed by atoms with Gasteiger partial charge in [0.15, 0.2) is 0 Å². The Morgan fingerprint density at radius 2 is 2.05 bits per heavy atom. The third-order valence-electron chi connectivity index (χ3n) is 3.87. The van der Waals surface area contributed by atoms with Crippen molar-refractivity contribution in [3.8, 4) is 11.5 Å². The third-order valence-corrected chi connectivity index (χ3v) is 3.87. The van der Waals surface area contributed by atoms with E-state index in [-0.39, 0.29) is 6.04 Å². The maximum atomic E-state index is 6.14. The molecule has 0 saturated carbocycles. The molecule has 2 unspecified atom stereocenters. The minimum Gasteiger partial charge on any atom is -0.337 e. The molecule has 0 saturated heterocycles. The predicted molar refractivity (Wildman–Crippen MR) is 81.4 cm³/mol. The normalized spacial score (nSPS) is 14.2. The van der Waals surface area contributed by atoms with Gasteiger partial charge in [0.25, 0.3) is 0 Å². The molecular weight excluding hydrogens is 264 g/mol. The molecule has 2 N–H and O–H groups in total. The first-order chi connectivity index (χ1) is 10.2. The number of nitrogens with zero attached hydrogens (tertiary/aromatic N) is 3. The van der Waals surface area contributed by atoms with Gasteiger partial charge in [-0.25, -0.2) is 0 Å². The Morgan fingerprint density at radius 3 is 2.86 bits per heavy atom. The molecule has 3 aromatic rings. The highest BCUT2D eigenvalue weighted by Gasteiger charge is 2.21. The van der Waals surface area contributed by atoms with Crippen LogP contribution in [0.3, 0.4) is 0 Å². The second-order valence-electron chi connectivity index (χ2n) is 5.25. The average Bonchev–Trinajstić information content (AvgIpc) is 3.02. The summed E-state index contributed by atoms with van der Waals surface area (Å²) in [4.78, 5) is 8.82. The fourth-order valence-corrected chi connectivity index (χ4v) is 2.26. The lowest BCUT2D eigenvalue weighted by Gasteiger charge is -2.12. The van der Waals surface area contributed by atoms with Gasteiger partial charge < -0.3 is 10.3 Å². The van der Waals surface area contributed by atoms with E-state index in [2.05, 4.69) is 29.0 Å². The van der Waals surface area contributed by atoms with E-state index in [1.54, 1.807) is 6.20 Å². The van der Waals surface area contributed by atoms with Crippen LogP contribution in [0.1, 0.15) is 32.2 Å². The molecule has 0 aliphatic heterocycles. The molecule has 5 nitrogen and oxygen atoms in total. The van der Waals surface area contributed by atoms with Crippen LogP contribution < -0.4 is 5.73 Å². The molecule has 0 bridgehead atoms. The summed E-state index contributed by atoms with van der Waals surface area (Å²) in [6, 6.07) is 9.72. The van der Waals surface area contributed by atoms with Gasteiger partial charge in [-0.1, -0.05) is 49.7 Å². The topological polar surface area (TPSA) is 77.8 Å². The van der Waals surface area contributed by atoms with E-state index in [0.717, 1.165) is 22.9 Å². The van der Waals surface area contributed by atoms with Crippen molar-refractivity contribution >= 4 is 10.8 Å². The number of nitrogens with two attached hydrogens (primary N) is 1. The Labute approximate surface area is 123 Å². The number of rotatable bonds is 4. The van der Waals surface area contributed by atoms with E-state index in [9.17, 15) is 0 Å². The summed E-state index contributed by atoms with van der Waals surface area (Å²) in [7, 11) is 0. The summed E-state index contributed by atoms with van der Waals surface area (Å²) in [5, 5.41) is 6.15. The number of aromatic nitrogens is 3. The standard InChI is InChI=1S/C16H18N4O/c1-3-10(2)13(17)16-19-15(20-21-16)14-12-7-5-4-6-11(12)8-9-18-14/h4-10,13H,3,17H2,1-2H3. The molecule has 0 radical (unpaired) electrons. The van der Waals surface area contributed by atoms with E-state index in [1.807, 2.05) is 30.3 Å². The van der Waals surface area contributed by atoms with Crippen LogP contribution in [0.15, 0.2) is 41.1 Å². The van der Waals surface area contributed by atoms with Crippen molar-refractivity contribution in [1.29, 1.82) is 0 Å². The number of hydrogen-bond acceptors (Lipinski definition) is 5. The van der Waals surface area contributed by atoms with Gasteiger partial charge in [0.2, 0.25) is 11.7 Å². The largest absolute Gasteiger partial charge is 0.337 e. The van der Waals surface area contributed by atoms with Gasteiger partial charge in [-0.15, -0.1) is 0 Å². The van der Waals surface area contributed by atoms with Gasteiger partial charge in [-0.2, -0.15) is 4.98 Å². The second-order valence-corrected chi connectivity index (χ2v) is 5.25. The fraction of sp³-hybridized carbons (Fsp3) is 0.312. The van der Waals surface area contributed by atoms with Crippen LogP contribution in [-0.4, -0.2) is 15.1 Å². The molecular formula is C16H18N4O. The number of pyridine rings is 1. The van der Waals surface area contributed by atoms with Crippen molar-refractivity contribution in [2.24, 2.45) is 11.7 Å². The zero-order chi connectivity index (χ0) is 14.8. The highest BCUT2D eigenvalue weighted by Crippen LogP contribution is 2.26. The number of fused-ring (bicyclic) bond motifs is 1. The quantitative estimate of drug-likeness (QED) is 0.794. The van der Waals surface area contributed by atoms with E-state index < -0.39 is 0 Å². The van der Waals surface area contributed by atoms with Crippen LogP contribution in [0.4, 0.5) is 0 Å². The first-order valence-corrected chi connectivity index (χ1v) is 7.14. The zero-order valence-electron chi connectivity index (χ0n) is 12.2. The first-order valence-electron chi connectivity index (χ1n) is 7.14. The van der Waals surface area contributed by atoms with Crippen LogP contribution in [0.5, 0.6) is 0 Å². The molecule has 2 atom stereocenters. The van der Waals surface area contributed by atoms with Gasteiger partial charge in [0, 0.05) is 11.6 Å². The zero-order valence-corrected chi connectivity index (χ0v) is 12.2. The van der Waals surface area contributed by atoms with Gasteiger partial charge in [0.1, 0.15) is 5.69 Å². The van der Waals surface area contributed by atoms with E-state index in [4.69, 9.17) is 10.3 Å². The highest BCUT2D eigenvalue weighted by molar-refractivity contribution is 5.92. The van der Waals surface area contributed by atoms with Crippen LogP contribution >= 0.6 is 0 Å². The van der Waals surface area contributed by atoms with Crippen molar-refractivity contribution in [3.05, 3.63) is 42.4 Å². The SMILES string of the molecule is CCC(C)C(N)c1nc(-c2nccc3ccccc23)no1. The molecule has 0 aliphatic rings. The van der Waals surface area contributed by atoms with Crippen LogP contribution in [0, 0.1) is 5.92 Å². The van der Waals surface area contributed by atoms with Crippen molar-refractivity contribution < 1.29 is 4.52 Å². The van der Waals surface area contributed by atoms with Crippen molar-refractivity contribution in [2.75, 3.05) is 0 Å². The van der Waals surface area contributed by atoms with E-state index in [0.29, 0.717) is 17.6 Å². The first kappa shape index (κ1) is 13.7. The van der Waals surface area contributed by atoms with Crippen molar-refractivity contribution in [1.82, 2.24) is 15.1 Å².